The molecule has 0 aliphatic carbocycles. The van der Waals surface area contributed by atoms with E-state index in [4.69, 9.17) is 10.5 Å². The molecule has 4 heteroatoms. The molecule has 0 fully saturated rings. The quantitative estimate of drug-likeness (QED) is 0.859. The van der Waals surface area contributed by atoms with Crippen LogP contribution in [0.15, 0.2) is 18.2 Å². The lowest BCUT2D eigenvalue weighted by Crippen LogP contribution is -2.46. The van der Waals surface area contributed by atoms with E-state index >= 15 is 0 Å². The second-order valence-corrected chi connectivity index (χ2v) is 4.35. The standard InChI is InChI=1S/C12H17F2NO/c1-12(2,16-3)11(15)6-8-4-5-9(13)7-10(8)14/h4-5,7,11H,6,15H2,1-3H3. The van der Waals surface area contributed by atoms with Gasteiger partial charge >= 0.3 is 0 Å². The van der Waals surface area contributed by atoms with Crippen molar-refractivity contribution in [1.29, 1.82) is 0 Å². The van der Waals surface area contributed by atoms with E-state index in [1.165, 1.54) is 12.1 Å². The fourth-order valence-corrected chi connectivity index (χ4v) is 1.32. The van der Waals surface area contributed by atoms with E-state index in [9.17, 15) is 8.78 Å². The summed E-state index contributed by atoms with van der Waals surface area (Å²) < 4.78 is 31.3. The third-order valence-electron chi connectivity index (χ3n) is 2.87. The topological polar surface area (TPSA) is 35.2 Å². The minimum absolute atomic E-state index is 0.312. The Morgan fingerprint density at radius 2 is 2.00 bits per heavy atom. The maximum atomic E-state index is 13.4. The summed E-state index contributed by atoms with van der Waals surface area (Å²) in [7, 11) is 1.56. The summed E-state index contributed by atoms with van der Waals surface area (Å²) in [6.45, 7) is 3.66. The number of rotatable bonds is 4. The van der Waals surface area contributed by atoms with Gasteiger partial charge in [0.05, 0.1) is 5.60 Å². The molecule has 0 radical (unpaired) electrons. The second kappa shape index (κ2) is 4.89. The molecule has 1 unspecified atom stereocenters. The molecular weight excluding hydrogens is 212 g/mol. The number of nitrogens with two attached hydrogens (primary N) is 1. The van der Waals surface area contributed by atoms with Crippen LogP contribution in [0, 0.1) is 11.6 Å². The summed E-state index contributed by atoms with van der Waals surface area (Å²) >= 11 is 0. The van der Waals surface area contributed by atoms with Crippen LogP contribution >= 0.6 is 0 Å². The largest absolute Gasteiger partial charge is 0.377 e. The third-order valence-corrected chi connectivity index (χ3v) is 2.87. The first-order chi connectivity index (χ1) is 7.36. The van der Waals surface area contributed by atoms with Gasteiger partial charge in [-0.25, -0.2) is 8.78 Å². The van der Waals surface area contributed by atoms with Crippen molar-refractivity contribution >= 4 is 0 Å². The fraction of sp³-hybridized carbons (Fsp3) is 0.500. The highest BCUT2D eigenvalue weighted by Gasteiger charge is 2.26. The molecule has 0 heterocycles. The first-order valence-corrected chi connectivity index (χ1v) is 5.11. The first kappa shape index (κ1) is 13.1. The maximum absolute atomic E-state index is 13.4. The van der Waals surface area contributed by atoms with Crippen molar-refractivity contribution in [2.45, 2.75) is 31.9 Å². The maximum Gasteiger partial charge on any atom is 0.129 e. The molecule has 0 saturated carbocycles. The van der Waals surface area contributed by atoms with Crippen LogP contribution in [0.4, 0.5) is 8.78 Å². The molecule has 90 valence electrons. The SMILES string of the molecule is COC(C)(C)C(N)Cc1ccc(F)cc1F. The number of benzene rings is 1. The number of methoxy groups -OCH3 is 1. The smallest absolute Gasteiger partial charge is 0.129 e. The Labute approximate surface area is 94.4 Å². The van der Waals surface area contributed by atoms with Crippen molar-refractivity contribution in [3.8, 4) is 0 Å². The van der Waals surface area contributed by atoms with Crippen molar-refractivity contribution in [3.63, 3.8) is 0 Å². The summed E-state index contributed by atoms with van der Waals surface area (Å²) in [5.41, 5.74) is 5.78. The molecule has 0 aliphatic rings. The molecule has 1 aromatic carbocycles. The molecule has 0 aliphatic heterocycles. The zero-order valence-corrected chi connectivity index (χ0v) is 9.76. The lowest BCUT2D eigenvalue weighted by atomic mass is 9.93. The summed E-state index contributed by atoms with van der Waals surface area (Å²) in [5.74, 6) is -1.15. The van der Waals surface area contributed by atoms with Gasteiger partial charge in [-0.1, -0.05) is 6.07 Å². The van der Waals surface area contributed by atoms with E-state index in [2.05, 4.69) is 0 Å². The summed E-state index contributed by atoms with van der Waals surface area (Å²) in [6.07, 6.45) is 0.312. The zero-order chi connectivity index (χ0) is 12.3. The number of hydrogen-bond donors (Lipinski definition) is 1. The number of hydrogen-bond acceptors (Lipinski definition) is 2. The van der Waals surface area contributed by atoms with Crippen LogP contribution in [0.25, 0.3) is 0 Å². The van der Waals surface area contributed by atoms with Crippen LogP contribution in [0.3, 0.4) is 0 Å². The van der Waals surface area contributed by atoms with Crippen LogP contribution in [-0.4, -0.2) is 18.8 Å². The van der Waals surface area contributed by atoms with Crippen molar-refractivity contribution in [2.24, 2.45) is 5.73 Å². The van der Waals surface area contributed by atoms with Crippen molar-refractivity contribution in [1.82, 2.24) is 0 Å². The van der Waals surface area contributed by atoms with Gasteiger partial charge in [0.25, 0.3) is 0 Å². The molecule has 0 spiro atoms. The lowest BCUT2D eigenvalue weighted by Gasteiger charge is -2.30. The average Bonchev–Trinajstić information content (AvgIpc) is 2.22. The number of halogens is 2. The minimum atomic E-state index is -0.583. The van der Waals surface area contributed by atoms with Crippen molar-refractivity contribution in [3.05, 3.63) is 35.4 Å². The van der Waals surface area contributed by atoms with Gasteiger partial charge in [0.2, 0.25) is 0 Å². The molecule has 0 saturated heterocycles. The predicted molar refractivity (Wildman–Crippen MR) is 59.1 cm³/mol. The molecular formula is C12H17F2NO. The predicted octanol–water partition coefficient (Wildman–Crippen LogP) is 2.26. The molecule has 0 amide bonds. The van der Waals surface area contributed by atoms with Gasteiger partial charge in [0.15, 0.2) is 0 Å². The monoisotopic (exact) mass is 229 g/mol. The molecule has 2 nitrogen and oxygen atoms in total. The zero-order valence-electron chi connectivity index (χ0n) is 9.76. The van der Waals surface area contributed by atoms with Crippen LogP contribution in [-0.2, 0) is 11.2 Å². The summed E-state index contributed by atoms with van der Waals surface area (Å²) in [4.78, 5) is 0. The van der Waals surface area contributed by atoms with Crippen molar-refractivity contribution in [2.75, 3.05) is 7.11 Å². The summed E-state index contributed by atoms with van der Waals surface area (Å²) in [5, 5.41) is 0. The molecule has 0 aromatic heterocycles. The van der Waals surface area contributed by atoms with E-state index in [1.807, 2.05) is 13.8 Å². The van der Waals surface area contributed by atoms with E-state index in [0.717, 1.165) is 6.07 Å². The van der Waals surface area contributed by atoms with Gasteiger partial charge < -0.3 is 10.5 Å². The Bertz CT molecular complexity index is 366. The lowest BCUT2D eigenvalue weighted by molar-refractivity contribution is 0.000634. The van der Waals surface area contributed by atoms with Gasteiger partial charge in [-0.3, -0.25) is 0 Å². The molecule has 0 bridgehead atoms. The van der Waals surface area contributed by atoms with E-state index in [0.29, 0.717) is 12.0 Å². The second-order valence-electron chi connectivity index (χ2n) is 4.35. The molecule has 1 atom stereocenters. The van der Waals surface area contributed by atoms with Crippen molar-refractivity contribution < 1.29 is 13.5 Å². The highest BCUT2D eigenvalue weighted by Crippen LogP contribution is 2.18. The Balaban J connectivity index is 2.81. The highest BCUT2D eigenvalue weighted by molar-refractivity contribution is 5.20. The molecule has 1 rings (SSSR count). The van der Waals surface area contributed by atoms with Gasteiger partial charge in [-0.15, -0.1) is 0 Å². The Morgan fingerprint density at radius 1 is 1.38 bits per heavy atom. The first-order valence-electron chi connectivity index (χ1n) is 5.11. The Kier molecular flexibility index (Phi) is 3.99. The highest BCUT2D eigenvalue weighted by atomic mass is 19.1. The van der Waals surface area contributed by atoms with E-state index < -0.39 is 17.2 Å². The van der Waals surface area contributed by atoms with Gasteiger partial charge in [-0.05, 0) is 31.9 Å². The molecule has 1 aromatic rings. The average molecular weight is 229 g/mol. The van der Waals surface area contributed by atoms with Crippen LogP contribution in [0.5, 0.6) is 0 Å². The van der Waals surface area contributed by atoms with Gasteiger partial charge in [0, 0.05) is 19.2 Å². The van der Waals surface area contributed by atoms with E-state index in [-0.39, 0.29) is 6.04 Å². The molecule has 2 N–H and O–H groups in total. The Hall–Kier alpha value is -1.00. The fourth-order valence-electron chi connectivity index (χ4n) is 1.32. The van der Waals surface area contributed by atoms with Crippen LogP contribution < -0.4 is 5.73 Å². The Morgan fingerprint density at radius 3 is 2.50 bits per heavy atom. The van der Waals surface area contributed by atoms with Gasteiger partial charge in [0.1, 0.15) is 11.6 Å². The third kappa shape index (κ3) is 3.00. The van der Waals surface area contributed by atoms with Crippen LogP contribution in [0.2, 0.25) is 0 Å². The minimum Gasteiger partial charge on any atom is -0.377 e. The number of ether oxygens (including phenoxy) is 1. The van der Waals surface area contributed by atoms with Gasteiger partial charge in [-0.2, -0.15) is 0 Å². The van der Waals surface area contributed by atoms with E-state index in [1.54, 1.807) is 7.11 Å². The summed E-state index contributed by atoms with van der Waals surface area (Å²) in [6, 6.07) is 3.15. The van der Waals surface area contributed by atoms with Crippen LogP contribution in [0.1, 0.15) is 19.4 Å². The molecule has 16 heavy (non-hydrogen) atoms. The normalized spacial score (nSPS) is 13.9.